The molecule has 0 saturated carbocycles. The summed E-state index contributed by atoms with van der Waals surface area (Å²) in [5.74, 6) is 0.932. The molecule has 1 unspecified atom stereocenters. The molecule has 1 aromatic rings. The van der Waals surface area contributed by atoms with Crippen molar-refractivity contribution in [1.29, 1.82) is 0 Å². The third-order valence-corrected chi connectivity index (χ3v) is 4.41. The van der Waals surface area contributed by atoms with Crippen LogP contribution in [0, 0.1) is 0 Å². The fraction of sp³-hybridized carbons (Fsp3) is 0.556. The molecular weight excluding hydrogens is 216 g/mol. The van der Waals surface area contributed by atoms with E-state index in [1.165, 1.54) is 6.20 Å². The van der Waals surface area contributed by atoms with Gasteiger partial charge >= 0.3 is 0 Å². The molecule has 82 valence electrons. The van der Waals surface area contributed by atoms with Gasteiger partial charge in [0.15, 0.2) is 16.1 Å². The van der Waals surface area contributed by atoms with Crippen LogP contribution in [0.5, 0.6) is 0 Å². The predicted molar refractivity (Wildman–Crippen MR) is 54.6 cm³/mol. The molecule has 1 saturated heterocycles. The normalized spacial score (nSPS) is 24.9. The van der Waals surface area contributed by atoms with Crippen molar-refractivity contribution in [1.82, 2.24) is 9.97 Å². The van der Waals surface area contributed by atoms with Crippen molar-refractivity contribution < 1.29 is 13.2 Å². The Balaban J connectivity index is 2.20. The summed E-state index contributed by atoms with van der Waals surface area (Å²) < 4.78 is 22.8. The minimum atomic E-state index is -2.93. The maximum absolute atomic E-state index is 11.4. The van der Waals surface area contributed by atoms with Gasteiger partial charge in [0, 0.05) is 5.92 Å². The van der Waals surface area contributed by atoms with Crippen molar-refractivity contribution in [2.45, 2.75) is 18.8 Å². The van der Waals surface area contributed by atoms with Crippen LogP contribution < -0.4 is 0 Å². The molecule has 1 aliphatic rings. The third-order valence-electron chi connectivity index (χ3n) is 2.59. The molecule has 1 fully saturated rings. The molecule has 2 rings (SSSR count). The molecule has 2 heterocycles. The van der Waals surface area contributed by atoms with Crippen molar-refractivity contribution in [3.63, 3.8) is 0 Å². The first-order valence-corrected chi connectivity index (χ1v) is 6.63. The second kappa shape index (κ2) is 3.77. The van der Waals surface area contributed by atoms with Crippen molar-refractivity contribution in [2.75, 3.05) is 11.5 Å². The lowest BCUT2D eigenvalue weighted by molar-refractivity contribution is 0.111. The Bertz CT molecular complexity index is 463. The van der Waals surface area contributed by atoms with E-state index in [0.717, 1.165) is 6.42 Å². The Labute approximate surface area is 87.8 Å². The van der Waals surface area contributed by atoms with Crippen LogP contribution in [0.15, 0.2) is 6.20 Å². The molecule has 0 amide bonds. The Morgan fingerprint density at radius 3 is 2.93 bits per heavy atom. The van der Waals surface area contributed by atoms with Gasteiger partial charge in [0.1, 0.15) is 5.82 Å². The van der Waals surface area contributed by atoms with Crippen LogP contribution >= 0.6 is 0 Å². The van der Waals surface area contributed by atoms with Crippen molar-refractivity contribution in [3.05, 3.63) is 17.7 Å². The van der Waals surface area contributed by atoms with Crippen LogP contribution in [0.4, 0.5) is 0 Å². The Morgan fingerprint density at radius 1 is 1.53 bits per heavy atom. The van der Waals surface area contributed by atoms with Gasteiger partial charge in [0.05, 0.1) is 23.4 Å². The van der Waals surface area contributed by atoms with Crippen LogP contribution in [0.1, 0.15) is 35.1 Å². The van der Waals surface area contributed by atoms with Crippen LogP contribution in [-0.4, -0.2) is 36.2 Å². The number of nitrogens with zero attached hydrogens (tertiary/aromatic N) is 1. The number of hydrogen-bond donors (Lipinski definition) is 1. The van der Waals surface area contributed by atoms with Crippen LogP contribution in [0.25, 0.3) is 0 Å². The van der Waals surface area contributed by atoms with Gasteiger partial charge in [0.25, 0.3) is 0 Å². The number of carbonyl (C=O) groups is 1. The minimum Gasteiger partial charge on any atom is -0.340 e. The zero-order valence-corrected chi connectivity index (χ0v) is 8.96. The maximum Gasteiger partial charge on any atom is 0.167 e. The Kier molecular flexibility index (Phi) is 2.60. The molecule has 0 spiro atoms. The number of aromatic amines is 1. The summed E-state index contributed by atoms with van der Waals surface area (Å²) in [5, 5.41) is 0. The van der Waals surface area contributed by atoms with Gasteiger partial charge in [-0.05, 0) is 12.8 Å². The number of imidazole rings is 1. The van der Waals surface area contributed by atoms with Gasteiger partial charge in [0.2, 0.25) is 0 Å². The van der Waals surface area contributed by atoms with Crippen molar-refractivity contribution in [3.8, 4) is 0 Å². The molecule has 1 N–H and O–H groups in total. The van der Waals surface area contributed by atoms with Gasteiger partial charge in [-0.15, -0.1) is 0 Å². The molecule has 0 bridgehead atoms. The van der Waals surface area contributed by atoms with Crippen molar-refractivity contribution in [2.24, 2.45) is 0 Å². The number of sulfone groups is 1. The molecule has 5 nitrogen and oxygen atoms in total. The first-order valence-electron chi connectivity index (χ1n) is 4.81. The predicted octanol–water partition coefficient (Wildman–Crippen LogP) is 0.514. The van der Waals surface area contributed by atoms with E-state index in [1.807, 2.05) is 0 Å². The third kappa shape index (κ3) is 2.26. The lowest BCUT2D eigenvalue weighted by Crippen LogP contribution is -2.24. The molecule has 0 radical (unpaired) electrons. The number of aldehydes is 1. The smallest absolute Gasteiger partial charge is 0.167 e. The van der Waals surface area contributed by atoms with Crippen molar-refractivity contribution >= 4 is 16.1 Å². The molecule has 1 aromatic heterocycles. The fourth-order valence-electron chi connectivity index (χ4n) is 1.86. The van der Waals surface area contributed by atoms with E-state index in [9.17, 15) is 13.2 Å². The van der Waals surface area contributed by atoms with E-state index in [4.69, 9.17) is 0 Å². The van der Waals surface area contributed by atoms with E-state index in [0.29, 0.717) is 24.2 Å². The van der Waals surface area contributed by atoms with Crippen LogP contribution in [0.3, 0.4) is 0 Å². The number of hydrogen-bond acceptors (Lipinski definition) is 4. The summed E-state index contributed by atoms with van der Waals surface area (Å²) in [7, 11) is -2.93. The zero-order chi connectivity index (χ0) is 10.9. The first kappa shape index (κ1) is 10.4. The number of carbonyl (C=O) groups excluding carboxylic acids is 1. The average molecular weight is 228 g/mol. The number of aromatic nitrogens is 2. The molecule has 0 aromatic carbocycles. The second-order valence-corrected chi connectivity index (χ2v) is 6.02. The molecular formula is C9H12N2O3S. The molecule has 15 heavy (non-hydrogen) atoms. The summed E-state index contributed by atoms with van der Waals surface area (Å²) >= 11 is 0. The summed E-state index contributed by atoms with van der Waals surface area (Å²) in [6.45, 7) is 0. The summed E-state index contributed by atoms with van der Waals surface area (Å²) in [6, 6.07) is 0. The van der Waals surface area contributed by atoms with E-state index >= 15 is 0 Å². The summed E-state index contributed by atoms with van der Waals surface area (Å²) in [6.07, 6.45) is 3.59. The average Bonchev–Trinajstić information content (AvgIpc) is 2.64. The monoisotopic (exact) mass is 228 g/mol. The lowest BCUT2D eigenvalue weighted by Gasteiger charge is -2.19. The van der Waals surface area contributed by atoms with Crippen LogP contribution in [0.2, 0.25) is 0 Å². The van der Waals surface area contributed by atoms with Gasteiger partial charge < -0.3 is 4.98 Å². The fourth-order valence-corrected chi connectivity index (χ4v) is 3.57. The van der Waals surface area contributed by atoms with E-state index < -0.39 is 9.84 Å². The number of rotatable bonds is 2. The SMILES string of the molecule is O=Cc1cnc(C2CCCS(=O)(=O)C2)[nH]1. The standard InChI is InChI=1S/C9H12N2O3S/c12-5-8-4-10-9(11-8)7-2-1-3-15(13,14)6-7/h4-5,7H,1-3,6H2,(H,10,11). The number of H-pyrrole nitrogens is 1. The highest BCUT2D eigenvalue weighted by Gasteiger charge is 2.27. The second-order valence-electron chi connectivity index (χ2n) is 3.80. The quantitative estimate of drug-likeness (QED) is 0.748. The topological polar surface area (TPSA) is 79.9 Å². The Morgan fingerprint density at radius 2 is 2.33 bits per heavy atom. The summed E-state index contributed by atoms with van der Waals surface area (Å²) in [4.78, 5) is 17.3. The number of nitrogens with one attached hydrogen (secondary N) is 1. The molecule has 1 aliphatic heterocycles. The van der Waals surface area contributed by atoms with Gasteiger partial charge in [-0.3, -0.25) is 4.79 Å². The van der Waals surface area contributed by atoms with Crippen LogP contribution in [-0.2, 0) is 9.84 Å². The highest BCUT2D eigenvalue weighted by Crippen LogP contribution is 2.25. The van der Waals surface area contributed by atoms with E-state index in [1.54, 1.807) is 0 Å². The minimum absolute atomic E-state index is 0.0857. The van der Waals surface area contributed by atoms with Gasteiger partial charge in [-0.25, -0.2) is 13.4 Å². The van der Waals surface area contributed by atoms with E-state index in [-0.39, 0.29) is 17.4 Å². The highest BCUT2D eigenvalue weighted by atomic mass is 32.2. The highest BCUT2D eigenvalue weighted by molar-refractivity contribution is 7.91. The maximum atomic E-state index is 11.4. The Hall–Kier alpha value is -1.17. The van der Waals surface area contributed by atoms with Gasteiger partial charge in [-0.2, -0.15) is 0 Å². The summed E-state index contributed by atoms with van der Waals surface area (Å²) in [5.41, 5.74) is 0.396. The largest absolute Gasteiger partial charge is 0.340 e. The zero-order valence-electron chi connectivity index (χ0n) is 8.14. The first-order chi connectivity index (χ1) is 7.11. The van der Waals surface area contributed by atoms with E-state index in [2.05, 4.69) is 9.97 Å². The lowest BCUT2D eigenvalue weighted by atomic mass is 10.1. The molecule has 6 heteroatoms. The molecule has 1 atom stereocenters. The molecule has 0 aliphatic carbocycles. The van der Waals surface area contributed by atoms with Gasteiger partial charge in [-0.1, -0.05) is 0 Å².